The van der Waals surface area contributed by atoms with E-state index in [0.29, 0.717) is 12.5 Å². The maximum absolute atomic E-state index is 11.6. The Kier molecular flexibility index (Phi) is 2.98. The fourth-order valence-electron chi connectivity index (χ4n) is 2.64. The molecule has 3 heteroatoms. The van der Waals surface area contributed by atoms with Crippen LogP contribution in [0.1, 0.15) is 32.6 Å². The van der Waals surface area contributed by atoms with E-state index in [1.807, 2.05) is 17.0 Å². The molecule has 0 aromatic heterocycles. The van der Waals surface area contributed by atoms with Crippen molar-refractivity contribution in [2.24, 2.45) is 5.92 Å². The molecule has 1 saturated heterocycles. The zero-order chi connectivity index (χ0) is 12.5. The Morgan fingerprint density at radius 3 is 2.56 bits per heavy atom. The van der Waals surface area contributed by atoms with Gasteiger partial charge >= 0.3 is 0 Å². The highest BCUT2D eigenvalue weighted by atomic mass is 16.2. The Bertz CT molecular complexity index is 436. The SMILES string of the molecule is CC(Nc1ccc(N2CCCC2=O)cc1)C1CC1. The average molecular weight is 244 g/mol. The van der Waals surface area contributed by atoms with Crippen LogP contribution in [0.2, 0.25) is 0 Å². The zero-order valence-electron chi connectivity index (χ0n) is 10.9. The van der Waals surface area contributed by atoms with Gasteiger partial charge in [-0.3, -0.25) is 4.79 Å². The first-order valence-corrected chi connectivity index (χ1v) is 6.91. The van der Waals surface area contributed by atoms with Gasteiger partial charge in [-0.25, -0.2) is 0 Å². The van der Waals surface area contributed by atoms with Crippen LogP contribution in [0, 0.1) is 5.92 Å². The predicted molar refractivity (Wildman–Crippen MR) is 73.8 cm³/mol. The van der Waals surface area contributed by atoms with Crippen molar-refractivity contribution < 1.29 is 4.79 Å². The number of hydrogen-bond donors (Lipinski definition) is 1. The summed E-state index contributed by atoms with van der Waals surface area (Å²) in [4.78, 5) is 13.5. The van der Waals surface area contributed by atoms with Gasteiger partial charge in [0, 0.05) is 30.4 Å². The number of amides is 1. The van der Waals surface area contributed by atoms with Crippen molar-refractivity contribution >= 4 is 17.3 Å². The Hall–Kier alpha value is -1.51. The Morgan fingerprint density at radius 1 is 1.28 bits per heavy atom. The molecule has 1 aliphatic heterocycles. The highest BCUT2D eigenvalue weighted by Crippen LogP contribution is 2.34. The van der Waals surface area contributed by atoms with Crippen molar-refractivity contribution in [2.75, 3.05) is 16.8 Å². The summed E-state index contributed by atoms with van der Waals surface area (Å²) >= 11 is 0. The summed E-state index contributed by atoms with van der Waals surface area (Å²) in [6.45, 7) is 3.11. The molecule has 1 aromatic carbocycles. The van der Waals surface area contributed by atoms with Crippen molar-refractivity contribution in [3.8, 4) is 0 Å². The van der Waals surface area contributed by atoms with E-state index in [-0.39, 0.29) is 5.91 Å². The van der Waals surface area contributed by atoms with Gasteiger partial charge in [0.1, 0.15) is 0 Å². The molecule has 0 bridgehead atoms. The van der Waals surface area contributed by atoms with Gasteiger partial charge in [-0.2, -0.15) is 0 Å². The lowest BCUT2D eigenvalue weighted by atomic mass is 10.2. The molecule has 1 N–H and O–H groups in total. The second-order valence-corrected chi connectivity index (χ2v) is 5.47. The lowest BCUT2D eigenvalue weighted by Crippen LogP contribution is -2.23. The van der Waals surface area contributed by atoms with E-state index in [1.165, 1.54) is 12.8 Å². The lowest BCUT2D eigenvalue weighted by molar-refractivity contribution is -0.117. The minimum absolute atomic E-state index is 0.252. The Balaban J connectivity index is 1.66. The fourth-order valence-corrected chi connectivity index (χ4v) is 2.64. The number of carbonyl (C=O) groups is 1. The molecule has 18 heavy (non-hydrogen) atoms. The van der Waals surface area contributed by atoms with Gasteiger partial charge in [0.15, 0.2) is 0 Å². The average Bonchev–Trinajstić information content (AvgIpc) is 3.14. The number of nitrogens with one attached hydrogen (secondary N) is 1. The highest BCUT2D eigenvalue weighted by Gasteiger charge is 2.27. The predicted octanol–water partition coefficient (Wildman–Crippen LogP) is 3.02. The van der Waals surface area contributed by atoms with Gasteiger partial charge in [-0.05, 0) is 56.4 Å². The van der Waals surface area contributed by atoms with E-state index in [4.69, 9.17) is 0 Å². The van der Waals surface area contributed by atoms with E-state index in [0.717, 1.165) is 30.3 Å². The van der Waals surface area contributed by atoms with Crippen molar-refractivity contribution in [1.82, 2.24) is 0 Å². The van der Waals surface area contributed by atoms with Crippen LogP contribution in [0.4, 0.5) is 11.4 Å². The number of benzene rings is 1. The minimum atomic E-state index is 0.252. The van der Waals surface area contributed by atoms with E-state index >= 15 is 0 Å². The molecule has 0 radical (unpaired) electrons. The molecule has 1 aromatic rings. The van der Waals surface area contributed by atoms with E-state index < -0.39 is 0 Å². The third kappa shape index (κ3) is 2.35. The van der Waals surface area contributed by atoms with E-state index in [2.05, 4.69) is 24.4 Å². The maximum Gasteiger partial charge on any atom is 0.227 e. The second kappa shape index (κ2) is 4.63. The summed E-state index contributed by atoms with van der Waals surface area (Å²) in [7, 11) is 0. The number of carbonyl (C=O) groups excluding carboxylic acids is 1. The molecular weight excluding hydrogens is 224 g/mol. The normalized spacial score (nSPS) is 21.2. The summed E-state index contributed by atoms with van der Waals surface area (Å²) in [6, 6.07) is 8.82. The molecule has 2 fully saturated rings. The fraction of sp³-hybridized carbons (Fsp3) is 0.533. The molecule has 2 aliphatic rings. The quantitative estimate of drug-likeness (QED) is 0.883. The van der Waals surface area contributed by atoms with Gasteiger partial charge in [-0.1, -0.05) is 0 Å². The standard InChI is InChI=1S/C15H20N2O/c1-11(12-4-5-12)16-13-6-8-14(9-7-13)17-10-2-3-15(17)18/h6-9,11-12,16H,2-5,10H2,1H3. The molecule has 1 atom stereocenters. The van der Waals surface area contributed by atoms with Crippen LogP contribution in [0.15, 0.2) is 24.3 Å². The first kappa shape index (κ1) is 11.6. The molecule has 1 aliphatic carbocycles. The largest absolute Gasteiger partial charge is 0.382 e. The van der Waals surface area contributed by atoms with Crippen molar-refractivity contribution in [1.29, 1.82) is 0 Å². The molecule has 1 heterocycles. The molecule has 1 unspecified atom stereocenters. The molecule has 1 saturated carbocycles. The minimum Gasteiger partial charge on any atom is -0.382 e. The number of anilines is 2. The third-order valence-corrected chi connectivity index (χ3v) is 3.98. The van der Waals surface area contributed by atoms with Gasteiger partial charge in [0.25, 0.3) is 0 Å². The number of hydrogen-bond acceptors (Lipinski definition) is 2. The van der Waals surface area contributed by atoms with Gasteiger partial charge in [-0.15, -0.1) is 0 Å². The Labute approximate surface area is 108 Å². The van der Waals surface area contributed by atoms with Crippen molar-refractivity contribution in [3.05, 3.63) is 24.3 Å². The topological polar surface area (TPSA) is 32.3 Å². The number of nitrogens with zero attached hydrogens (tertiary/aromatic N) is 1. The monoisotopic (exact) mass is 244 g/mol. The van der Waals surface area contributed by atoms with Crippen molar-refractivity contribution in [2.45, 2.75) is 38.6 Å². The van der Waals surface area contributed by atoms with Gasteiger partial charge < -0.3 is 10.2 Å². The molecule has 0 spiro atoms. The highest BCUT2D eigenvalue weighted by molar-refractivity contribution is 5.95. The smallest absolute Gasteiger partial charge is 0.227 e. The molecule has 1 amide bonds. The molecule has 3 rings (SSSR count). The molecular formula is C15H20N2O. The van der Waals surface area contributed by atoms with E-state index in [1.54, 1.807) is 0 Å². The van der Waals surface area contributed by atoms with Gasteiger partial charge in [0.05, 0.1) is 0 Å². The van der Waals surface area contributed by atoms with Gasteiger partial charge in [0.2, 0.25) is 5.91 Å². The molecule has 3 nitrogen and oxygen atoms in total. The maximum atomic E-state index is 11.6. The van der Waals surface area contributed by atoms with Crippen LogP contribution in [0.3, 0.4) is 0 Å². The molecule has 96 valence electrons. The number of rotatable bonds is 4. The van der Waals surface area contributed by atoms with Crippen LogP contribution in [0.5, 0.6) is 0 Å². The first-order chi connectivity index (χ1) is 8.74. The van der Waals surface area contributed by atoms with Crippen LogP contribution < -0.4 is 10.2 Å². The van der Waals surface area contributed by atoms with Crippen LogP contribution in [0.25, 0.3) is 0 Å². The summed E-state index contributed by atoms with van der Waals surface area (Å²) in [5.74, 6) is 1.10. The summed E-state index contributed by atoms with van der Waals surface area (Å²) < 4.78 is 0. The van der Waals surface area contributed by atoms with E-state index in [9.17, 15) is 4.79 Å². The first-order valence-electron chi connectivity index (χ1n) is 6.91. The van der Waals surface area contributed by atoms with Crippen LogP contribution >= 0.6 is 0 Å². The summed E-state index contributed by atoms with van der Waals surface area (Å²) in [6.07, 6.45) is 4.39. The van der Waals surface area contributed by atoms with Crippen molar-refractivity contribution in [3.63, 3.8) is 0 Å². The summed E-state index contributed by atoms with van der Waals surface area (Å²) in [5.41, 5.74) is 2.19. The zero-order valence-corrected chi connectivity index (χ0v) is 10.9. The Morgan fingerprint density at radius 2 is 2.00 bits per heavy atom. The van der Waals surface area contributed by atoms with Crippen LogP contribution in [-0.4, -0.2) is 18.5 Å². The second-order valence-electron chi connectivity index (χ2n) is 5.47. The lowest BCUT2D eigenvalue weighted by Gasteiger charge is -2.18. The van der Waals surface area contributed by atoms with Crippen LogP contribution in [-0.2, 0) is 4.79 Å². The summed E-state index contributed by atoms with van der Waals surface area (Å²) in [5, 5.41) is 3.53. The third-order valence-electron chi connectivity index (χ3n) is 3.98.